The lowest BCUT2D eigenvalue weighted by molar-refractivity contribution is 0.106. The fraction of sp³-hybridized carbons (Fsp3) is 0.632. The lowest BCUT2D eigenvalue weighted by Crippen LogP contribution is -2.51. The average molecular weight is 325 g/mol. The number of nitrogens with one attached hydrogen (secondary N) is 1. The molecule has 1 aromatic rings. The highest BCUT2D eigenvalue weighted by Gasteiger charge is 2.39. The molecule has 1 aliphatic carbocycles. The lowest BCUT2D eigenvalue weighted by Gasteiger charge is -2.43. The Morgan fingerprint density at radius 2 is 1.79 bits per heavy atom. The van der Waals surface area contributed by atoms with Crippen LogP contribution >= 0.6 is 0 Å². The monoisotopic (exact) mass is 325 g/mol. The van der Waals surface area contributed by atoms with Gasteiger partial charge in [-0.3, -0.25) is 0 Å². The van der Waals surface area contributed by atoms with Crippen LogP contribution in [0.4, 0.5) is 0 Å². The van der Waals surface area contributed by atoms with Crippen LogP contribution in [0.5, 0.6) is 0 Å². The van der Waals surface area contributed by atoms with Gasteiger partial charge in [0.05, 0.1) is 11.5 Å². The van der Waals surface area contributed by atoms with Gasteiger partial charge < -0.3 is 15.2 Å². The van der Waals surface area contributed by atoms with Crippen molar-refractivity contribution in [3.63, 3.8) is 0 Å². The van der Waals surface area contributed by atoms with Crippen LogP contribution in [-0.2, 0) is 5.41 Å². The van der Waals surface area contributed by atoms with Crippen LogP contribution in [0.25, 0.3) is 0 Å². The van der Waals surface area contributed by atoms with Gasteiger partial charge in [-0.05, 0) is 64.0 Å². The minimum Gasteiger partial charge on any atom is -0.437 e. The van der Waals surface area contributed by atoms with E-state index in [-0.39, 0.29) is 5.41 Å². The zero-order valence-electron chi connectivity index (χ0n) is 14.6. The van der Waals surface area contributed by atoms with E-state index in [4.69, 9.17) is 0 Å². The van der Waals surface area contributed by atoms with Gasteiger partial charge in [0.1, 0.15) is 0 Å². The van der Waals surface area contributed by atoms with Gasteiger partial charge in [-0.2, -0.15) is 5.26 Å². The van der Waals surface area contributed by atoms with Crippen molar-refractivity contribution in [2.75, 3.05) is 13.1 Å². The van der Waals surface area contributed by atoms with Crippen molar-refractivity contribution in [1.29, 1.82) is 5.26 Å². The minimum absolute atomic E-state index is 0.288. The second kappa shape index (κ2) is 7.69. The van der Waals surface area contributed by atoms with Crippen LogP contribution in [0.3, 0.4) is 0 Å². The van der Waals surface area contributed by atoms with E-state index in [0.29, 0.717) is 12.1 Å². The molecule has 0 bridgehead atoms. The summed E-state index contributed by atoms with van der Waals surface area (Å²) in [4.78, 5) is 2.60. The van der Waals surface area contributed by atoms with Gasteiger partial charge >= 0.3 is 7.05 Å². The Kier molecular flexibility index (Phi) is 5.60. The number of benzene rings is 1. The van der Waals surface area contributed by atoms with Gasteiger partial charge in [0, 0.05) is 12.1 Å². The number of hydrogen-bond acceptors (Lipinski definition) is 4. The SMILES string of the molecule is CB(O)NC1CCN(C2CCC(C#N)(c3ccccc3)CC2)CC1. The molecule has 4 nitrogen and oxygen atoms in total. The van der Waals surface area contributed by atoms with Crippen molar-refractivity contribution < 1.29 is 5.02 Å². The normalized spacial score (nSPS) is 29.1. The highest BCUT2D eigenvalue weighted by atomic mass is 16.2. The Hall–Kier alpha value is -1.35. The van der Waals surface area contributed by atoms with Crippen LogP contribution in [0, 0.1) is 11.3 Å². The molecule has 1 aliphatic heterocycles. The van der Waals surface area contributed by atoms with Crippen molar-refractivity contribution in [1.82, 2.24) is 10.1 Å². The highest BCUT2D eigenvalue weighted by molar-refractivity contribution is 6.45. The number of nitrogens with zero attached hydrogens (tertiary/aromatic N) is 2. The molecule has 0 aromatic heterocycles. The largest absolute Gasteiger partial charge is 0.437 e. The first-order chi connectivity index (χ1) is 11.6. The summed E-state index contributed by atoms with van der Waals surface area (Å²) in [7, 11) is -0.418. The summed E-state index contributed by atoms with van der Waals surface area (Å²) in [5.41, 5.74) is 0.898. The van der Waals surface area contributed by atoms with Crippen LogP contribution in [-0.4, -0.2) is 42.1 Å². The van der Waals surface area contributed by atoms with Gasteiger partial charge in [0.25, 0.3) is 0 Å². The fourth-order valence-electron chi connectivity index (χ4n) is 4.46. The number of nitriles is 1. The summed E-state index contributed by atoms with van der Waals surface area (Å²) in [5.74, 6) is 0. The number of piperidine rings is 1. The molecule has 5 heteroatoms. The maximum atomic E-state index is 9.81. The molecular weight excluding hydrogens is 297 g/mol. The predicted octanol–water partition coefficient (Wildman–Crippen LogP) is 2.55. The standard InChI is InChI=1S/C19H28BN3O/c1-20(24)22-17-9-13-23(14-10-17)18-7-11-19(15-21,12-8-18)16-5-3-2-4-6-16/h2-6,17-18,22,24H,7-14H2,1H3. The third-order valence-corrected chi connectivity index (χ3v) is 5.87. The second-order valence-corrected chi connectivity index (χ2v) is 7.44. The van der Waals surface area contributed by atoms with Gasteiger partial charge in [-0.25, -0.2) is 0 Å². The molecule has 1 aromatic carbocycles. The van der Waals surface area contributed by atoms with Gasteiger partial charge in [-0.1, -0.05) is 30.3 Å². The molecule has 0 radical (unpaired) electrons. The fourth-order valence-corrected chi connectivity index (χ4v) is 4.46. The van der Waals surface area contributed by atoms with Crippen molar-refractivity contribution in [3.8, 4) is 6.07 Å². The molecule has 2 aliphatic rings. The topological polar surface area (TPSA) is 59.3 Å². The summed E-state index contributed by atoms with van der Waals surface area (Å²) in [5, 5.41) is 22.5. The number of rotatable bonds is 4. The van der Waals surface area contributed by atoms with Crippen LogP contribution < -0.4 is 5.23 Å². The van der Waals surface area contributed by atoms with Crippen molar-refractivity contribution in [3.05, 3.63) is 35.9 Å². The second-order valence-electron chi connectivity index (χ2n) is 7.44. The van der Waals surface area contributed by atoms with E-state index in [1.165, 1.54) is 5.56 Å². The molecule has 0 spiro atoms. The molecule has 2 N–H and O–H groups in total. The van der Waals surface area contributed by atoms with E-state index in [2.05, 4.69) is 28.3 Å². The summed E-state index contributed by atoms with van der Waals surface area (Å²) in [6.07, 6.45) is 6.34. The lowest BCUT2D eigenvalue weighted by atomic mass is 9.69. The Morgan fingerprint density at radius 3 is 2.33 bits per heavy atom. The molecule has 1 heterocycles. The van der Waals surface area contributed by atoms with Crippen LogP contribution in [0.15, 0.2) is 30.3 Å². The zero-order chi connectivity index (χ0) is 17.0. The van der Waals surface area contributed by atoms with E-state index in [9.17, 15) is 10.3 Å². The zero-order valence-corrected chi connectivity index (χ0v) is 14.6. The Bertz CT molecular complexity index is 556. The summed E-state index contributed by atoms with van der Waals surface area (Å²) in [6.45, 7) is 3.98. The first-order valence-electron chi connectivity index (χ1n) is 9.28. The molecule has 1 saturated carbocycles. The Balaban J connectivity index is 1.55. The molecule has 128 valence electrons. The van der Waals surface area contributed by atoms with Crippen LogP contribution in [0.1, 0.15) is 44.1 Å². The predicted molar refractivity (Wildman–Crippen MR) is 97.6 cm³/mol. The Labute approximate surface area is 146 Å². The van der Waals surface area contributed by atoms with Gasteiger partial charge in [-0.15, -0.1) is 0 Å². The van der Waals surface area contributed by atoms with E-state index in [1.807, 2.05) is 18.2 Å². The third kappa shape index (κ3) is 3.83. The van der Waals surface area contributed by atoms with Gasteiger partial charge in [0.15, 0.2) is 0 Å². The van der Waals surface area contributed by atoms with E-state index < -0.39 is 7.05 Å². The molecule has 2 fully saturated rings. The summed E-state index contributed by atoms with van der Waals surface area (Å²) in [6, 6.07) is 14.0. The van der Waals surface area contributed by atoms with E-state index >= 15 is 0 Å². The molecule has 0 amide bonds. The Morgan fingerprint density at radius 1 is 1.17 bits per heavy atom. The molecule has 0 atom stereocenters. The third-order valence-electron chi connectivity index (χ3n) is 5.87. The quantitative estimate of drug-likeness (QED) is 0.836. The summed E-state index contributed by atoms with van der Waals surface area (Å²) < 4.78 is 0. The number of likely N-dealkylation sites (tertiary alicyclic amines) is 1. The first-order valence-corrected chi connectivity index (χ1v) is 9.28. The first kappa shape index (κ1) is 17.5. The van der Waals surface area contributed by atoms with Crippen molar-refractivity contribution in [2.45, 2.75) is 62.8 Å². The molecule has 3 rings (SSSR count). The van der Waals surface area contributed by atoms with Crippen LogP contribution in [0.2, 0.25) is 6.82 Å². The highest BCUT2D eigenvalue weighted by Crippen LogP contribution is 2.40. The molecule has 1 saturated heterocycles. The average Bonchev–Trinajstić information content (AvgIpc) is 2.63. The maximum Gasteiger partial charge on any atom is 0.373 e. The molecular formula is C19H28BN3O. The minimum atomic E-state index is -0.418. The van der Waals surface area contributed by atoms with Crippen molar-refractivity contribution >= 4 is 7.05 Å². The summed E-state index contributed by atoms with van der Waals surface area (Å²) >= 11 is 0. The van der Waals surface area contributed by atoms with E-state index in [0.717, 1.165) is 51.6 Å². The van der Waals surface area contributed by atoms with Gasteiger partial charge in [0.2, 0.25) is 0 Å². The van der Waals surface area contributed by atoms with E-state index in [1.54, 1.807) is 6.82 Å². The number of hydrogen-bond donors (Lipinski definition) is 2. The molecule has 0 unspecified atom stereocenters. The smallest absolute Gasteiger partial charge is 0.373 e. The van der Waals surface area contributed by atoms with Crippen molar-refractivity contribution in [2.24, 2.45) is 0 Å². The maximum absolute atomic E-state index is 9.81. The molecule has 24 heavy (non-hydrogen) atoms.